The minimum Gasteiger partial charge on any atom is -0.492 e. The van der Waals surface area contributed by atoms with Gasteiger partial charge >= 0.3 is 6.09 Å². The number of amides is 1. The van der Waals surface area contributed by atoms with Crippen LogP contribution in [0.2, 0.25) is 0 Å². The third kappa shape index (κ3) is 4.83. The SMILES string of the molecule is CN(C(=O)Oc1ccc(CCOc2cccnc2)cc1)c1ccccc1. The molecule has 0 saturated heterocycles. The van der Waals surface area contributed by atoms with Crippen molar-refractivity contribution < 1.29 is 14.3 Å². The summed E-state index contributed by atoms with van der Waals surface area (Å²) in [5, 5.41) is 0. The fourth-order valence-corrected chi connectivity index (χ4v) is 2.37. The van der Waals surface area contributed by atoms with Crippen molar-refractivity contribution in [2.75, 3.05) is 18.6 Å². The highest BCUT2D eigenvalue weighted by atomic mass is 16.6. The lowest BCUT2D eigenvalue weighted by molar-refractivity contribution is 0.209. The molecule has 5 nitrogen and oxygen atoms in total. The average molecular weight is 348 g/mol. The van der Waals surface area contributed by atoms with E-state index in [1.807, 2.05) is 54.6 Å². The summed E-state index contributed by atoms with van der Waals surface area (Å²) in [6.45, 7) is 0.557. The van der Waals surface area contributed by atoms with Gasteiger partial charge in [0, 0.05) is 25.4 Å². The number of rotatable bonds is 6. The van der Waals surface area contributed by atoms with Gasteiger partial charge in [0.15, 0.2) is 0 Å². The summed E-state index contributed by atoms with van der Waals surface area (Å²) in [4.78, 5) is 17.7. The molecule has 3 aromatic rings. The van der Waals surface area contributed by atoms with Gasteiger partial charge in [0.25, 0.3) is 0 Å². The molecule has 1 heterocycles. The summed E-state index contributed by atoms with van der Waals surface area (Å²) >= 11 is 0. The minimum absolute atomic E-state index is 0.427. The molecule has 0 aliphatic rings. The first-order valence-electron chi connectivity index (χ1n) is 8.35. The van der Waals surface area contributed by atoms with Crippen molar-refractivity contribution in [1.29, 1.82) is 0 Å². The zero-order valence-electron chi connectivity index (χ0n) is 14.5. The molecule has 1 amide bonds. The topological polar surface area (TPSA) is 51.7 Å². The summed E-state index contributed by atoms with van der Waals surface area (Å²) in [5.74, 6) is 1.26. The Morgan fingerprint density at radius 1 is 0.962 bits per heavy atom. The van der Waals surface area contributed by atoms with E-state index >= 15 is 0 Å². The van der Waals surface area contributed by atoms with Crippen LogP contribution in [0.4, 0.5) is 10.5 Å². The number of ether oxygens (including phenoxy) is 2. The van der Waals surface area contributed by atoms with Crippen LogP contribution in [-0.4, -0.2) is 24.7 Å². The lowest BCUT2D eigenvalue weighted by Crippen LogP contribution is -2.29. The molecule has 5 heteroatoms. The number of benzene rings is 2. The molecule has 2 aromatic carbocycles. The molecule has 1 aromatic heterocycles. The number of hydrogen-bond acceptors (Lipinski definition) is 4. The van der Waals surface area contributed by atoms with Crippen LogP contribution >= 0.6 is 0 Å². The summed E-state index contributed by atoms with van der Waals surface area (Å²) in [5.41, 5.74) is 1.88. The van der Waals surface area contributed by atoms with E-state index in [9.17, 15) is 4.79 Å². The van der Waals surface area contributed by atoms with Crippen molar-refractivity contribution in [1.82, 2.24) is 4.98 Å². The number of nitrogens with zero attached hydrogens (tertiary/aromatic N) is 2. The average Bonchev–Trinajstić information content (AvgIpc) is 2.70. The van der Waals surface area contributed by atoms with Crippen LogP contribution < -0.4 is 14.4 Å². The molecule has 0 bridgehead atoms. The third-order valence-corrected chi connectivity index (χ3v) is 3.84. The van der Waals surface area contributed by atoms with Crippen molar-refractivity contribution in [3.63, 3.8) is 0 Å². The van der Waals surface area contributed by atoms with Crippen LogP contribution in [0.25, 0.3) is 0 Å². The Labute approximate surface area is 152 Å². The molecule has 0 spiro atoms. The summed E-state index contributed by atoms with van der Waals surface area (Å²) < 4.78 is 11.0. The molecule has 0 aliphatic carbocycles. The van der Waals surface area contributed by atoms with Gasteiger partial charge in [0.1, 0.15) is 11.5 Å². The highest BCUT2D eigenvalue weighted by Gasteiger charge is 2.12. The maximum atomic E-state index is 12.2. The van der Waals surface area contributed by atoms with Crippen LogP contribution in [0.15, 0.2) is 79.1 Å². The number of pyridine rings is 1. The predicted octanol–water partition coefficient (Wildman–Crippen LogP) is 4.34. The van der Waals surface area contributed by atoms with E-state index in [2.05, 4.69) is 4.98 Å². The lowest BCUT2D eigenvalue weighted by Gasteiger charge is -2.16. The van der Waals surface area contributed by atoms with Gasteiger partial charge in [-0.1, -0.05) is 30.3 Å². The van der Waals surface area contributed by atoms with Crippen molar-refractivity contribution in [2.45, 2.75) is 6.42 Å². The van der Waals surface area contributed by atoms with Crippen molar-refractivity contribution in [2.24, 2.45) is 0 Å². The van der Waals surface area contributed by atoms with Gasteiger partial charge in [-0.3, -0.25) is 9.88 Å². The largest absolute Gasteiger partial charge is 0.492 e. The summed E-state index contributed by atoms with van der Waals surface area (Å²) in [6.07, 6.45) is 3.73. The number of carbonyl (C=O) groups excluding carboxylic acids is 1. The van der Waals surface area contributed by atoms with E-state index in [0.29, 0.717) is 12.4 Å². The third-order valence-electron chi connectivity index (χ3n) is 3.84. The Morgan fingerprint density at radius 3 is 2.42 bits per heavy atom. The normalized spacial score (nSPS) is 10.2. The maximum absolute atomic E-state index is 12.2. The summed E-state index contributed by atoms with van der Waals surface area (Å²) in [6, 6.07) is 20.5. The molecule has 0 atom stereocenters. The van der Waals surface area contributed by atoms with Gasteiger partial charge in [-0.15, -0.1) is 0 Å². The molecule has 0 unspecified atom stereocenters. The minimum atomic E-state index is -0.427. The Hall–Kier alpha value is -3.34. The smallest absolute Gasteiger partial charge is 0.419 e. The predicted molar refractivity (Wildman–Crippen MR) is 101 cm³/mol. The first-order valence-corrected chi connectivity index (χ1v) is 8.35. The van der Waals surface area contributed by atoms with Crippen LogP contribution in [0.1, 0.15) is 5.56 Å². The highest BCUT2D eigenvalue weighted by molar-refractivity contribution is 5.88. The van der Waals surface area contributed by atoms with Crippen molar-refractivity contribution >= 4 is 11.8 Å². The van der Waals surface area contributed by atoms with Crippen molar-refractivity contribution in [3.05, 3.63) is 84.7 Å². The Morgan fingerprint density at radius 2 is 1.73 bits per heavy atom. The molecular weight excluding hydrogens is 328 g/mol. The second kappa shape index (κ2) is 8.67. The van der Waals surface area contributed by atoms with E-state index in [4.69, 9.17) is 9.47 Å². The van der Waals surface area contributed by atoms with E-state index in [0.717, 1.165) is 23.4 Å². The van der Waals surface area contributed by atoms with Gasteiger partial charge in [-0.25, -0.2) is 4.79 Å². The Bertz CT molecular complexity index is 821. The monoisotopic (exact) mass is 348 g/mol. The van der Waals surface area contributed by atoms with E-state index in [1.165, 1.54) is 4.90 Å². The molecule has 3 rings (SSSR count). The molecule has 0 saturated carbocycles. The van der Waals surface area contributed by atoms with E-state index < -0.39 is 6.09 Å². The van der Waals surface area contributed by atoms with Crippen LogP contribution in [-0.2, 0) is 6.42 Å². The zero-order valence-corrected chi connectivity index (χ0v) is 14.5. The Balaban J connectivity index is 1.50. The maximum Gasteiger partial charge on any atom is 0.419 e. The number of carbonyl (C=O) groups is 1. The zero-order chi connectivity index (χ0) is 18.2. The van der Waals surface area contributed by atoms with Gasteiger partial charge < -0.3 is 9.47 Å². The van der Waals surface area contributed by atoms with Crippen LogP contribution in [0.3, 0.4) is 0 Å². The van der Waals surface area contributed by atoms with Gasteiger partial charge in [0.2, 0.25) is 0 Å². The van der Waals surface area contributed by atoms with Crippen LogP contribution in [0, 0.1) is 0 Å². The quantitative estimate of drug-likeness (QED) is 0.665. The molecule has 26 heavy (non-hydrogen) atoms. The van der Waals surface area contributed by atoms with E-state index in [1.54, 1.807) is 31.6 Å². The molecular formula is C21H20N2O3. The highest BCUT2D eigenvalue weighted by Crippen LogP contribution is 2.17. The fourth-order valence-electron chi connectivity index (χ4n) is 2.37. The second-order valence-corrected chi connectivity index (χ2v) is 5.69. The van der Waals surface area contributed by atoms with Gasteiger partial charge in [0.05, 0.1) is 12.8 Å². The van der Waals surface area contributed by atoms with Crippen molar-refractivity contribution in [3.8, 4) is 11.5 Å². The number of para-hydroxylation sites is 1. The summed E-state index contributed by atoms with van der Waals surface area (Å²) in [7, 11) is 1.68. The first-order chi connectivity index (χ1) is 12.7. The molecule has 0 aliphatic heterocycles. The molecule has 0 radical (unpaired) electrons. The second-order valence-electron chi connectivity index (χ2n) is 5.69. The lowest BCUT2D eigenvalue weighted by atomic mass is 10.1. The molecule has 0 N–H and O–H groups in total. The fraction of sp³-hybridized carbons (Fsp3) is 0.143. The Kier molecular flexibility index (Phi) is 5.83. The van der Waals surface area contributed by atoms with Crippen LogP contribution in [0.5, 0.6) is 11.5 Å². The number of hydrogen-bond donors (Lipinski definition) is 0. The number of aromatic nitrogens is 1. The van der Waals surface area contributed by atoms with Gasteiger partial charge in [-0.2, -0.15) is 0 Å². The van der Waals surface area contributed by atoms with E-state index in [-0.39, 0.29) is 0 Å². The van der Waals surface area contributed by atoms with Gasteiger partial charge in [-0.05, 0) is 42.0 Å². The standard InChI is InChI=1S/C21H20N2O3/c1-23(18-6-3-2-4-7-18)21(24)26-19-11-9-17(10-12-19)13-15-25-20-8-5-14-22-16-20/h2-12,14,16H,13,15H2,1H3. The number of anilines is 1. The first kappa shape index (κ1) is 17.5. The molecule has 0 fully saturated rings. The molecule has 132 valence electrons.